The van der Waals surface area contributed by atoms with E-state index in [9.17, 15) is 9.59 Å². The quantitative estimate of drug-likeness (QED) is 0.493. The number of carbonyl (C=O) groups is 1. The van der Waals surface area contributed by atoms with E-state index in [1.165, 1.54) is 4.88 Å². The lowest BCUT2D eigenvalue weighted by Gasteiger charge is -2.13. The Hall–Kier alpha value is -2.71. The molecule has 0 fully saturated rings. The summed E-state index contributed by atoms with van der Waals surface area (Å²) >= 11 is 3.60. The van der Waals surface area contributed by atoms with Crippen molar-refractivity contribution in [3.05, 3.63) is 69.2 Å². The van der Waals surface area contributed by atoms with E-state index < -0.39 is 0 Å². The number of hydrogen-bond acceptors (Lipinski definition) is 4. The fraction of sp³-hybridized carbons (Fsp3) is 0.158. The maximum atomic E-state index is 13.2. The molecule has 3 N–H and O–H groups in total. The zero-order chi connectivity index (χ0) is 18.4. The molecule has 0 radical (unpaired) electrons. The molecule has 0 bridgehead atoms. The Morgan fingerprint density at radius 3 is 2.81 bits per heavy atom. The first-order valence-electron chi connectivity index (χ1n) is 8.58. The molecule has 0 spiro atoms. The highest BCUT2D eigenvalue weighted by molar-refractivity contribution is 7.98. The molecule has 0 aliphatic carbocycles. The molecule has 5 rings (SSSR count). The van der Waals surface area contributed by atoms with Crippen LogP contribution >= 0.6 is 23.1 Å². The van der Waals surface area contributed by atoms with E-state index >= 15 is 0 Å². The van der Waals surface area contributed by atoms with Crippen molar-refractivity contribution in [3.8, 4) is 5.00 Å². The number of carbonyl (C=O) groups excluding carboxylic acids is 1. The molecular formula is C19H16N4O2S2. The van der Waals surface area contributed by atoms with Gasteiger partial charge in [-0.05, 0) is 48.1 Å². The molecule has 8 heteroatoms. The second-order valence-corrected chi connectivity index (χ2v) is 8.56. The molecule has 0 unspecified atom stereocenters. The third kappa shape index (κ3) is 2.90. The summed E-state index contributed by atoms with van der Waals surface area (Å²) in [6, 6.07) is 9.29. The molecule has 27 heavy (non-hydrogen) atoms. The van der Waals surface area contributed by atoms with Gasteiger partial charge in [0.05, 0.1) is 16.6 Å². The van der Waals surface area contributed by atoms with Crippen LogP contribution in [0.4, 0.5) is 5.69 Å². The molecule has 136 valence electrons. The summed E-state index contributed by atoms with van der Waals surface area (Å²) in [5, 5.41) is 3.97. The van der Waals surface area contributed by atoms with Crippen LogP contribution in [0.5, 0.6) is 0 Å². The lowest BCUT2D eigenvalue weighted by Crippen LogP contribution is -2.16. The van der Waals surface area contributed by atoms with Crippen molar-refractivity contribution < 1.29 is 4.79 Å². The summed E-state index contributed by atoms with van der Waals surface area (Å²) in [6.45, 7) is 0. The summed E-state index contributed by atoms with van der Waals surface area (Å²) < 4.78 is 2.01. The Morgan fingerprint density at radius 1 is 1.15 bits per heavy atom. The molecule has 3 aromatic heterocycles. The number of thiophene rings is 1. The van der Waals surface area contributed by atoms with E-state index in [-0.39, 0.29) is 11.6 Å². The Bertz CT molecular complexity index is 1200. The maximum absolute atomic E-state index is 13.2. The fourth-order valence-electron chi connectivity index (χ4n) is 3.41. The standard InChI is InChI=1S/C19H16N4O2S2/c24-17(20-11-3-4-13-14(9-11)22-19(25)21-13)16-12-5-8-26-10-15(12)27-18(16)23-6-1-2-7-23/h1-4,6-7,9H,5,8,10H2,(H,20,24)(H2,21,22,25). The molecule has 1 aromatic carbocycles. The van der Waals surface area contributed by atoms with E-state index in [1.807, 2.05) is 40.9 Å². The summed E-state index contributed by atoms with van der Waals surface area (Å²) in [6.07, 6.45) is 4.85. The van der Waals surface area contributed by atoms with Gasteiger partial charge in [-0.1, -0.05) is 0 Å². The predicted octanol–water partition coefficient (Wildman–Crippen LogP) is 3.75. The highest BCUT2D eigenvalue weighted by Gasteiger charge is 2.26. The van der Waals surface area contributed by atoms with Crippen molar-refractivity contribution in [3.63, 3.8) is 0 Å². The third-order valence-corrected chi connectivity index (χ3v) is 7.06. The number of aromatic amines is 2. The summed E-state index contributed by atoms with van der Waals surface area (Å²) in [5.41, 5.74) is 3.72. The number of hydrogen-bond donors (Lipinski definition) is 3. The van der Waals surface area contributed by atoms with E-state index in [0.29, 0.717) is 11.2 Å². The van der Waals surface area contributed by atoms with Crippen LogP contribution in [0.25, 0.3) is 16.0 Å². The number of H-pyrrole nitrogens is 2. The zero-order valence-electron chi connectivity index (χ0n) is 14.2. The van der Waals surface area contributed by atoms with Gasteiger partial charge in [0, 0.05) is 28.7 Å². The van der Waals surface area contributed by atoms with Gasteiger partial charge in [-0.15, -0.1) is 11.3 Å². The molecule has 1 aliphatic rings. The van der Waals surface area contributed by atoms with Crippen LogP contribution in [-0.2, 0) is 12.2 Å². The highest BCUT2D eigenvalue weighted by atomic mass is 32.2. The zero-order valence-corrected chi connectivity index (χ0v) is 15.9. The predicted molar refractivity (Wildman–Crippen MR) is 110 cm³/mol. The van der Waals surface area contributed by atoms with Gasteiger partial charge in [0.1, 0.15) is 5.00 Å². The summed E-state index contributed by atoms with van der Waals surface area (Å²) in [5.74, 6) is 1.88. The highest BCUT2D eigenvalue weighted by Crippen LogP contribution is 2.38. The average molecular weight is 396 g/mol. The van der Waals surface area contributed by atoms with Gasteiger partial charge < -0.3 is 19.9 Å². The molecular weight excluding hydrogens is 380 g/mol. The monoisotopic (exact) mass is 396 g/mol. The van der Waals surface area contributed by atoms with Gasteiger partial charge in [-0.3, -0.25) is 4.79 Å². The van der Waals surface area contributed by atoms with Crippen LogP contribution in [0, 0.1) is 0 Å². The summed E-state index contributed by atoms with van der Waals surface area (Å²) in [7, 11) is 0. The van der Waals surface area contributed by atoms with E-state index in [2.05, 4.69) is 15.3 Å². The van der Waals surface area contributed by atoms with Gasteiger partial charge >= 0.3 is 5.69 Å². The molecule has 6 nitrogen and oxygen atoms in total. The SMILES string of the molecule is O=C(Nc1ccc2[nH]c(=O)[nH]c2c1)c1c(-n2cccc2)sc2c1CCSC2. The second-order valence-electron chi connectivity index (χ2n) is 6.37. The number of aromatic nitrogens is 3. The topological polar surface area (TPSA) is 82.7 Å². The maximum Gasteiger partial charge on any atom is 0.323 e. The van der Waals surface area contributed by atoms with Gasteiger partial charge in [-0.2, -0.15) is 11.8 Å². The van der Waals surface area contributed by atoms with Gasteiger partial charge in [0.25, 0.3) is 5.91 Å². The Kier molecular flexibility index (Phi) is 3.95. The van der Waals surface area contributed by atoms with Crippen molar-refractivity contribution in [1.82, 2.24) is 14.5 Å². The van der Waals surface area contributed by atoms with Crippen molar-refractivity contribution in [2.24, 2.45) is 0 Å². The van der Waals surface area contributed by atoms with Crippen molar-refractivity contribution in [1.29, 1.82) is 0 Å². The molecule has 0 saturated heterocycles. The van der Waals surface area contributed by atoms with E-state index in [1.54, 1.807) is 29.5 Å². The van der Waals surface area contributed by atoms with Crippen LogP contribution in [0.15, 0.2) is 47.5 Å². The molecule has 0 atom stereocenters. The number of nitrogens with zero attached hydrogens (tertiary/aromatic N) is 1. The van der Waals surface area contributed by atoms with Crippen LogP contribution in [0.3, 0.4) is 0 Å². The molecule has 1 aliphatic heterocycles. The molecule has 4 aromatic rings. The number of fused-ring (bicyclic) bond motifs is 2. The van der Waals surface area contributed by atoms with Crippen molar-refractivity contribution >= 4 is 45.7 Å². The Morgan fingerprint density at radius 2 is 1.96 bits per heavy atom. The number of rotatable bonds is 3. The molecule has 1 amide bonds. The van der Waals surface area contributed by atoms with Crippen molar-refractivity contribution in [2.75, 3.05) is 11.1 Å². The smallest absolute Gasteiger partial charge is 0.322 e. The second kappa shape index (κ2) is 6.47. The Balaban J connectivity index is 1.55. The number of amides is 1. The molecule has 0 saturated carbocycles. The number of nitrogens with one attached hydrogen (secondary N) is 3. The third-order valence-electron chi connectivity index (χ3n) is 4.64. The first kappa shape index (κ1) is 16.5. The van der Waals surface area contributed by atoms with Crippen LogP contribution in [0.1, 0.15) is 20.8 Å². The van der Waals surface area contributed by atoms with Gasteiger partial charge in [0.2, 0.25) is 0 Å². The average Bonchev–Trinajstić information content (AvgIpc) is 3.38. The van der Waals surface area contributed by atoms with E-state index in [4.69, 9.17) is 0 Å². The van der Waals surface area contributed by atoms with Crippen LogP contribution in [-0.4, -0.2) is 26.2 Å². The minimum atomic E-state index is -0.257. The lowest BCUT2D eigenvalue weighted by molar-refractivity contribution is 0.102. The number of imidazole rings is 1. The van der Waals surface area contributed by atoms with Gasteiger partial charge in [0.15, 0.2) is 0 Å². The minimum absolute atomic E-state index is 0.111. The largest absolute Gasteiger partial charge is 0.323 e. The van der Waals surface area contributed by atoms with E-state index in [0.717, 1.165) is 39.6 Å². The fourth-order valence-corrected chi connectivity index (χ4v) is 5.85. The number of thioether (sulfide) groups is 1. The normalized spacial score (nSPS) is 13.6. The molecule has 4 heterocycles. The van der Waals surface area contributed by atoms with Gasteiger partial charge in [-0.25, -0.2) is 4.79 Å². The summed E-state index contributed by atoms with van der Waals surface area (Å²) in [4.78, 5) is 31.4. The first-order chi connectivity index (χ1) is 13.2. The number of anilines is 1. The lowest BCUT2D eigenvalue weighted by atomic mass is 10.1. The minimum Gasteiger partial charge on any atom is -0.322 e. The van der Waals surface area contributed by atoms with Crippen LogP contribution < -0.4 is 11.0 Å². The first-order valence-corrected chi connectivity index (χ1v) is 10.6. The van der Waals surface area contributed by atoms with Crippen LogP contribution in [0.2, 0.25) is 0 Å². The van der Waals surface area contributed by atoms with Crippen molar-refractivity contribution in [2.45, 2.75) is 12.2 Å². The Labute approximate surface area is 162 Å². The number of benzene rings is 1.